The van der Waals surface area contributed by atoms with Crippen LogP contribution in [-0.2, 0) is 6.42 Å². The van der Waals surface area contributed by atoms with Crippen molar-refractivity contribution < 1.29 is 9.47 Å². The van der Waals surface area contributed by atoms with Crippen LogP contribution < -0.4 is 9.47 Å². The van der Waals surface area contributed by atoms with Crippen molar-refractivity contribution in [2.24, 2.45) is 0 Å². The third-order valence-electron chi connectivity index (χ3n) is 3.06. The first kappa shape index (κ1) is 13.5. The van der Waals surface area contributed by atoms with Gasteiger partial charge in [0.15, 0.2) is 11.5 Å². The van der Waals surface area contributed by atoms with Gasteiger partial charge >= 0.3 is 0 Å². The summed E-state index contributed by atoms with van der Waals surface area (Å²) in [4.78, 5) is 0. The molecule has 0 N–H and O–H groups in total. The van der Waals surface area contributed by atoms with Crippen LogP contribution in [-0.4, -0.2) is 14.2 Å². The topological polar surface area (TPSA) is 18.5 Å². The Labute approximate surface area is 115 Å². The van der Waals surface area contributed by atoms with Crippen LogP contribution in [0, 0.1) is 6.42 Å². The second kappa shape index (κ2) is 6.83. The second-order valence-corrected chi connectivity index (χ2v) is 4.34. The summed E-state index contributed by atoms with van der Waals surface area (Å²) in [5.41, 5.74) is 2.52. The molecule has 2 aromatic rings. The van der Waals surface area contributed by atoms with E-state index in [-0.39, 0.29) is 0 Å². The minimum Gasteiger partial charge on any atom is -0.493 e. The third kappa shape index (κ3) is 3.75. The molecule has 0 bridgehead atoms. The lowest BCUT2D eigenvalue weighted by Crippen LogP contribution is -1.93. The maximum Gasteiger partial charge on any atom is 0.160 e. The molecule has 0 saturated carbocycles. The Hall–Kier alpha value is -1.96. The molecule has 0 saturated heterocycles. The van der Waals surface area contributed by atoms with Gasteiger partial charge in [-0.3, -0.25) is 0 Å². The molecule has 0 aliphatic heterocycles. The molecule has 0 atom stereocenters. The average Bonchev–Trinajstić information content (AvgIpc) is 2.48. The Balaban J connectivity index is 1.93. The van der Waals surface area contributed by atoms with Crippen molar-refractivity contribution in [2.45, 2.75) is 12.8 Å². The third-order valence-corrected chi connectivity index (χ3v) is 3.06. The van der Waals surface area contributed by atoms with Crippen LogP contribution in [0.3, 0.4) is 0 Å². The molecule has 2 aromatic carbocycles. The predicted molar refractivity (Wildman–Crippen MR) is 77.7 cm³/mol. The van der Waals surface area contributed by atoms with E-state index in [4.69, 9.17) is 9.47 Å². The molecule has 0 aliphatic carbocycles. The van der Waals surface area contributed by atoms with E-state index in [1.807, 2.05) is 18.2 Å². The Morgan fingerprint density at radius 1 is 0.895 bits per heavy atom. The van der Waals surface area contributed by atoms with Gasteiger partial charge in [-0.15, -0.1) is 0 Å². The quantitative estimate of drug-likeness (QED) is 0.779. The molecule has 2 nitrogen and oxygen atoms in total. The molecular formula is C17H19O2. The molecule has 19 heavy (non-hydrogen) atoms. The lowest BCUT2D eigenvalue weighted by molar-refractivity contribution is 0.354. The molecule has 0 aromatic heterocycles. The molecule has 0 aliphatic rings. The van der Waals surface area contributed by atoms with Crippen molar-refractivity contribution >= 4 is 0 Å². The first-order valence-corrected chi connectivity index (χ1v) is 6.42. The summed E-state index contributed by atoms with van der Waals surface area (Å²) in [5, 5.41) is 0. The van der Waals surface area contributed by atoms with Crippen molar-refractivity contribution in [3.8, 4) is 11.5 Å². The first-order chi connectivity index (χ1) is 9.33. The molecule has 1 radical (unpaired) electrons. The molecule has 0 heterocycles. The van der Waals surface area contributed by atoms with Gasteiger partial charge in [0.25, 0.3) is 0 Å². The summed E-state index contributed by atoms with van der Waals surface area (Å²) in [6.07, 6.45) is 4.26. The first-order valence-electron chi connectivity index (χ1n) is 6.42. The minimum absolute atomic E-state index is 0.776. The van der Waals surface area contributed by atoms with E-state index in [0.29, 0.717) is 0 Å². The van der Waals surface area contributed by atoms with Crippen molar-refractivity contribution in [1.82, 2.24) is 0 Å². The van der Waals surface area contributed by atoms with E-state index >= 15 is 0 Å². The molecular weight excluding hydrogens is 236 g/mol. The number of hydrogen-bond acceptors (Lipinski definition) is 2. The highest BCUT2D eigenvalue weighted by atomic mass is 16.5. The monoisotopic (exact) mass is 255 g/mol. The van der Waals surface area contributed by atoms with Crippen LogP contribution in [0.15, 0.2) is 48.5 Å². The van der Waals surface area contributed by atoms with E-state index in [1.54, 1.807) is 14.2 Å². The normalized spacial score (nSPS) is 10.2. The second-order valence-electron chi connectivity index (χ2n) is 4.34. The number of aryl methyl sites for hydroxylation is 1. The number of hydrogen-bond donors (Lipinski definition) is 0. The number of methoxy groups -OCH3 is 2. The number of ether oxygens (including phenoxy) is 2. The lowest BCUT2D eigenvalue weighted by Gasteiger charge is -2.09. The predicted octanol–water partition coefficient (Wildman–Crippen LogP) is 3.89. The van der Waals surface area contributed by atoms with E-state index in [0.717, 1.165) is 24.3 Å². The highest BCUT2D eigenvalue weighted by molar-refractivity contribution is 5.43. The van der Waals surface area contributed by atoms with E-state index < -0.39 is 0 Å². The molecule has 0 spiro atoms. The maximum absolute atomic E-state index is 5.31. The molecule has 0 unspecified atom stereocenters. The highest BCUT2D eigenvalue weighted by Crippen LogP contribution is 2.28. The lowest BCUT2D eigenvalue weighted by atomic mass is 10.0. The largest absolute Gasteiger partial charge is 0.493 e. The van der Waals surface area contributed by atoms with E-state index in [1.165, 1.54) is 11.1 Å². The van der Waals surface area contributed by atoms with Crippen LogP contribution >= 0.6 is 0 Å². The average molecular weight is 255 g/mol. The van der Waals surface area contributed by atoms with Gasteiger partial charge in [0.05, 0.1) is 14.2 Å². The van der Waals surface area contributed by atoms with Crippen LogP contribution in [0.2, 0.25) is 0 Å². The minimum atomic E-state index is 0.776. The molecule has 0 amide bonds. The summed E-state index contributed by atoms with van der Waals surface area (Å²) in [7, 11) is 3.32. The smallest absolute Gasteiger partial charge is 0.160 e. The van der Waals surface area contributed by atoms with E-state index in [9.17, 15) is 0 Å². The standard InChI is InChI=1S/C17H19O2/c1-18-16-12-11-15(13-17(16)19-2)10-6-9-14-7-4-3-5-8-14/h3-5,7-9,11-13H,6,10H2,1-2H3. The van der Waals surface area contributed by atoms with Gasteiger partial charge in [-0.1, -0.05) is 36.4 Å². The maximum atomic E-state index is 5.31. The molecule has 2 rings (SSSR count). The van der Waals surface area contributed by atoms with Crippen LogP contribution in [0.1, 0.15) is 17.5 Å². The van der Waals surface area contributed by atoms with Gasteiger partial charge in [0.2, 0.25) is 0 Å². The zero-order valence-corrected chi connectivity index (χ0v) is 11.4. The van der Waals surface area contributed by atoms with Gasteiger partial charge in [-0.25, -0.2) is 0 Å². The summed E-state index contributed by atoms with van der Waals surface area (Å²) >= 11 is 0. The fourth-order valence-corrected chi connectivity index (χ4v) is 2.03. The Morgan fingerprint density at radius 2 is 1.63 bits per heavy atom. The zero-order chi connectivity index (χ0) is 13.5. The van der Waals surface area contributed by atoms with Gasteiger partial charge in [-0.2, -0.15) is 0 Å². The Morgan fingerprint density at radius 3 is 2.32 bits per heavy atom. The van der Waals surface area contributed by atoms with Gasteiger partial charge in [0.1, 0.15) is 0 Å². The Kier molecular flexibility index (Phi) is 4.85. The molecule has 0 fully saturated rings. The summed E-state index contributed by atoms with van der Waals surface area (Å²) in [6.45, 7) is 0. The van der Waals surface area contributed by atoms with Crippen molar-refractivity contribution in [2.75, 3.05) is 14.2 Å². The Bertz CT molecular complexity index is 506. The fraction of sp³-hybridized carbons (Fsp3) is 0.235. The fourth-order valence-electron chi connectivity index (χ4n) is 2.03. The van der Waals surface area contributed by atoms with Crippen LogP contribution in [0.4, 0.5) is 0 Å². The highest BCUT2D eigenvalue weighted by Gasteiger charge is 2.04. The number of benzene rings is 2. The van der Waals surface area contributed by atoms with Crippen molar-refractivity contribution in [1.29, 1.82) is 0 Å². The van der Waals surface area contributed by atoms with Crippen molar-refractivity contribution in [3.63, 3.8) is 0 Å². The van der Waals surface area contributed by atoms with Crippen LogP contribution in [0.25, 0.3) is 0 Å². The summed E-state index contributed by atoms with van der Waals surface area (Å²) in [5.74, 6) is 1.57. The summed E-state index contributed by atoms with van der Waals surface area (Å²) in [6, 6.07) is 16.5. The van der Waals surface area contributed by atoms with Gasteiger partial charge < -0.3 is 9.47 Å². The molecule has 2 heteroatoms. The van der Waals surface area contributed by atoms with E-state index in [2.05, 4.69) is 36.8 Å². The SMILES string of the molecule is COc1ccc(CC[CH]c2ccccc2)cc1OC. The zero-order valence-electron chi connectivity index (χ0n) is 11.4. The van der Waals surface area contributed by atoms with Gasteiger partial charge in [0, 0.05) is 0 Å². The van der Waals surface area contributed by atoms with Crippen LogP contribution in [0.5, 0.6) is 11.5 Å². The number of rotatable bonds is 6. The summed E-state index contributed by atoms with van der Waals surface area (Å²) < 4.78 is 10.5. The van der Waals surface area contributed by atoms with Crippen molar-refractivity contribution in [3.05, 3.63) is 66.1 Å². The molecule has 99 valence electrons. The van der Waals surface area contributed by atoms with Gasteiger partial charge in [-0.05, 0) is 42.5 Å².